The Hall–Kier alpha value is -2.97. The van der Waals surface area contributed by atoms with Crippen LogP contribution in [0, 0.1) is 0 Å². The molecule has 1 N–H and O–H groups in total. The number of Topliss-reactive ketones (excluding diaryl/α,β-unsaturated/α-hetero) is 1. The van der Waals surface area contributed by atoms with E-state index in [0.29, 0.717) is 21.6 Å². The summed E-state index contributed by atoms with van der Waals surface area (Å²) in [6, 6.07) is 13.3. The molecule has 0 unspecified atom stereocenters. The van der Waals surface area contributed by atoms with Gasteiger partial charge in [0, 0.05) is 5.56 Å². The molecular formula is C21H20N2O5S. The number of aliphatic hydroxyl groups excluding tert-OH is 1. The fourth-order valence-electron chi connectivity index (χ4n) is 2.82. The van der Waals surface area contributed by atoms with Gasteiger partial charge in [-0.1, -0.05) is 42.1 Å². The number of hydrogen-bond donors (Lipinski definition) is 1. The number of esters is 1. The van der Waals surface area contributed by atoms with Crippen LogP contribution >= 0.6 is 11.8 Å². The van der Waals surface area contributed by atoms with Crippen LogP contribution in [0.1, 0.15) is 27.6 Å². The first kappa shape index (κ1) is 20.8. The Morgan fingerprint density at radius 1 is 1.17 bits per heavy atom. The molecule has 0 aliphatic rings. The van der Waals surface area contributed by atoms with Crippen LogP contribution in [0.25, 0.3) is 10.9 Å². The molecule has 150 valence electrons. The molecule has 0 aliphatic heterocycles. The summed E-state index contributed by atoms with van der Waals surface area (Å²) >= 11 is 1.12. The van der Waals surface area contributed by atoms with Crippen LogP contribution in [0.5, 0.6) is 0 Å². The lowest BCUT2D eigenvalue weighted by Gasteiger charge is -2.14. The lowest BCUT2D eigenvalue weighted by molar-refractivity contribution is 0.0600. The summed E-state index contributed by atoms with van der Waals surface area (Å²) in [7, 11) is 1.27. The van der Waals surface area contributed by atoms with E-state index < -0.39 is 12.1 Å². The minimum absolute atomic E-state index is 0.0440. The van der Waals surface area contributed by atoms with Gasteiger partial charge in [0.15, 0.2) is 10.9 Å². The summed E-state index contributed by atoms with van der Waals surface area (Å²) in [4.78, 5) is 41.7. The number of rotatable bonds is 7. The van der Waals surface area contributed by atoms with E-state index in [-0.39, 0.29) is 29.2 Å². The van der Waals surface area contributed by atoms with Gasteiger partial charge >= 0.3 is 5.97 Å². The van der Waals surface area contributed by atoms with E-state index in [9.17, 15) is 19.5 Å². The summed E-state index contributed by atoms with van der Waals surface area (Å²) in [6.07, 6.45) is -0.773. The molecule has 29 heavy (non-hydrogen) atoms. The molecule has 3 rings (SSSR count). The molecule has 8 heteroatoms. The molecule has 0 radical (unpaired) electrons. The molecule has 0 amide bonds. The van der Waals surface area contributed by atoms with Crippen LogP contribution in [0.15, 0.2) is 58.5 Å². The zero-order valence-electron chi connectivity index (χ0n) is 16.0. The number of ketones is 1. The Kier molecular flexibility index (Phi) is 6.46. The topological polar surface area (TPSA) is 98.5 Å². The second kappa shape index (κ2) is 9.02. The molecule has 3 aromatic rings. The highest BCUT2D eigenvalue weighted by Gasteiger charge is 2.17. The smallest absolute Gasteiger partial charge is 0.337 e. The second-order valence-electron chi connectivity index (χ2n) is 6.46. The quantitative estimate of drug-likeness (QED) is 0.276. The highest BCUT2D eigenvalue weighted by atomic mass is 32.2. The number of methoxy groups -OCH3 is 1. The normalized spacial score (nSPS) is 12.0. The third-order valence-corrected chi connectivity index (χ3v) is 5.19. The van der Waals surface area contributed by atoms with Crippen molar-refractivity contribution >= 4 is 34.4 Å². The van der Waals surface area contributed by atoms with Gasteiger partial charge in [-0.15, -0.1) is 0 Å². The van der Waals surface area contributed by atoms with Crippen molar-refractivity contribution in [3.05, 3.63) is 70.0 Å². The van der Waals surface area contributed by atoms with Gasteiger partial charge < -0.3 is 9.84 Å². The SMILES string of the molecule is COC(=O)c1ccc2c(=O)n(C[C@@H](C)O)c(SCC(=O)c3ccccc3)nc2c1. The summed E-state index contributed by atoms with van der Waals surface area (Å²) < 4.78 is 6.07. The average Bonchev–Trinajstić information content (AvgIpc) is 2.73. The second-order valence-corrected chi connectivity index (χ2v) is 7.40. The molecule has 0 aliphatic carbocycles. The van der Waals surface area contributed by atoms with Crippen molar-refractivity contribution in [3.8, 4) is 0 Å². The third-order valence-electron chi connectivity index (χ3n) is 4.22. The summed E-state index contributed by atoms with van der Waals surface area (Å²) in [5.41, 5.74) is 0.825. The monoisotopic (exact) mass is 412 g/mol. The van der Waals surface area contributed by atoms with Gasteiger partial charge in [-0.3, -0.25) is 14.2 Å². The maximum Gasteiger partial charge on any atom is 0.337 e. The minimum atomic E-state index is -0.773. The Balaban J connectivity index is 2.01. The Bertz CT molecular complexity index is 1110. The number of fused-ring (bicyclic) bond motifs is 1. The standard InChI is InChI=1S/C21H20N2O5S/c1-13(24)11-23-19(26)16-9-8-15(20(27)28-2)10-17(16)22-21(23)29-12-18(25)14-6-4-3-5-7-14/h3-10,13,24H,11-12H2,1-2H3/t13-/m1/s1. The number of thioether (sulfide) groups is 1. The van der Waals surface area contributed by atoms with Crippen molar-refractivity contribution in [2.24, 2.45) is 0 Å². The first-order valence-corrected chi connectivity index (χ1v) is 9.91. The van der Waals surface area contributed by atoms with E-state index in [2.05, 4.69) is 4.98 Å². The maximum atomic E-state index is 12.9. The zero-order chi connectivity index (χ0) is 21.0. The van der Waals surface area contributed by atoms with Crippen LogP contribution in [-0.4, -0.2) is 45.4 Å². The predicted octanol–water partition coefficient (Wildman–Crippen LogP) is 2.54. The van der Waals surface area contributed by atoms with Crippen LogP contribution in [-0.2, 0) is 11.3 Å². The highest BCUT2D eigenvalue weighted by Crippen LogP contribution is 2.21. The number of aromatic nitrogens is 2. The largest absolute Gasteiger partial charge is 0.465 e. The number of ether oxygens (including phenoxy) is 1. The molecule has 1 aromatic heterocycles. The van der Waals surface area contributed by atoms with Gasteiger partial charge in [-0.2, -0.15) is 0 Å². The lowest BCUT2D eigenvalue weighted by atomic mass is 10.1. The predicted molar refractivity (Wildman–Crippen MR) is 111 cm³/mol. The fourth-order valence-corrected chi connectivity index (χ4v) is 3.72. The molecule has 0 fully saturated rings. The third kappa shape index (κ3) is 4.72. The first-order valence-electron chi connectivity index (χ1n) is 8.92. The van der Waals surface area contributed by atoms with Crippen molar-refractivity contribution in [3.63, 3.8) is 0 Å². The van der Waals surface area contributed by atoms with Gasteiger partial charge in [0.25, 0.3) is 5.56 Å². The van der Waals surface area contributed by atoms with Gasteiger partial charge in [-0.25, -0.2) is 9.78 Å². The molecule has 1 heterocycles. The molecule has 0 spiro atoms. The Morgan fingerprint density at radius 2 is 1.90 bits per heavy atom. The van der Waals surface area contributed by atoms with Crippen molar-refractivity contribution < 1.29 is 19.4 Å². The van der Waals surface area contributed by atoms with E-state index in [4.69, 9.17) is 4.74 Å². The van der Waals surface area contributed by atoms with E-state index in [1.807, 2.05) is 6.07 Å². The number of carbonyl (C=O) groups excluding carboxylic acids is 2. The number of nitrogens with zero attached hydrogens (tertiary/aromatic N) is 2. The summed E-state index contributed by atoms with van der Waals surface area (Å²) in [5.74, 6) is -0.550. The molecule has 0 bridgehead atoms. The number of aliphatic hydroxyl groups is 1. The van der Waals surface area contributed by atoms with E-state index >= 15 is 0 Å². The average molecular weight is 412 g/mol. The fraction of sp³-hybridized carbons (Fsp3) is 0.238. The minimum Gasteiger partial charge on any atom is -0.465 e. The van der Waals surface area contributed by atoms with Gasteiger partial charge in [-0.05, 0) is 25.1 Å². The van der Waals surface area contributed by atoms with Crippen LogP contribution in [0.4, 0.5) is 0 Å². The maximum absolute atomic E-state index is 12.9. The summed E-state index contributed by atoms with van der Waals surface area (Å²) in [5, 5.41) is 10.4. The number of benzene rings is 2. The van der Waals surface area contributed by atoms with Crippen molar-refractivity contribution in [1.29, 1.82) is 0 Å². The van der Waals surface area contributed by atoms with Gasteiger partial charge in [0.1, 0.15) is 0 Å². The van der Waals surface area contributed by atoms with Crippen LogP contribution < -0.4 is 5.56 Å². The van der Waals surface area contributed by atoms with Crippen molar-refractivity contribution in [2.45, 2.75) is 24.7 Å². The number of hydrogen-bond acceptors (Lipinski definition) is 7. The van der Waals surface area contributed by atoms with E-state index in [1.54, 1.807) is 31.2 Å². The van der Waals surface area contributed by atoms with Gasteiger partial charge in [0.05, 0.1) is 42.0 Å². The molecule has 2 aromatic carbocycles. The lowest BCUT2D eigenvalue weighted by Crippen LogP contribution is -2.28. The molecule has 0 saturated carbocycles. The summed E-state index contributed by atoms with van der Waals surface area (Å²) in [6.45, 7) is 1.61. The van der Waals surface area contributed by atoms with Crippen molar-refractivity contribution in [1.82, 2.24) is 9.55 Å². The Labute approximate surface area is 171 Å². The highest BCUT2D eigenvalue weighted by molar-refractivity contribution is 7.99. The molecule has 0 saturated heterocycles. The van der Waals surface area contributed by atoms with E-state index in [0.717, 1.165) is 11.8 Å². The molecule has 7 nitrogen and oxygen atoms in total. The van der Waals surface area contributed by atoms with Crippen LogP contribution in [0.2, 0.25) is 0 Å². The van der Waals surface area contributed by atoms with E-state index in [1.165, 1.54) is 29.9 Å². The number of carbonyl (C=O) groups is 2. The molecule has 1 atom stereocenters. The van der Waals surface area contributed by atoms with Crippen LogP contribution in [0.3, 0.4) is 0 Å². The molecular weight excluding hydrogens is 392 g/mol. The van der Waals surface area contributed by atoms with Crippen molar-refractivity contribution in [2.75, 3.05) is 12.9 Å². The van der Waals surface area contributed by atoms with Gasteiger partial charge in [0.2, 0.25) is 0 Å². The Morgan fingerprint density at radius 3 is 2.55 bits per heavy atom. The first-order chi connectivity index (χ1) is 13.9. The zero-order valence-corrected chi connectivity index (χ0v) is 16.8.